The van der Waals surface area contributed by atoms with Crippen molar-refractivity contribution < 1.29 is 9.59 Å². The smallest absolute Gasteiger partial charge is 0.226 e. The van der Waals surface area contributed by atoms with Crippen molar-refractivity contribution in [3.8, 4) is 0 Å². The summed E-state index contributed by atoms with van der Waals surface area (Å²) in [5.41, 5.74) is 2.44. The second-order valence-corrected chi connectivity index (χ2v) is 9.61. The van der Waals surface area contributed by atoms with Gasteiger partial charge < -0.3 is 10.2 Å². The maximum Gasteiger partial charge on any atom is 0.226 e. The van der Waals surface area contributed by atoms with Gasteiger partial charge in [0.2, 0.25) is 11.8 Å². The fourth-order valence-corrected chi connectivity index (χ4v) is 5.28. The molecule has 1 spiro atoms. The van der Waals surface area contributed by atoms with E-state index < -0.39 is 0 Å². The minimum atomic E-state index is 0.120. The number of nitrogens with zero attached hydrogens (tertiary/aromatic N) is 2. The van der Waals surface area contributed by atoms with Crippen molar-refractivity contribution in [3.05, 3.63) is 78.1 Å². The molecule has 0 radical (unpaired) electrons. The fourth-order valence-electron chi connectivity index (χ4n) is 5.28. The topological polar surface area (TPSA) is 62.3 Å². The molecule has 1 aliphatic carbocycles. The molecule has 2 fully saturated rings. The molecule has 5 nitrogen and oxygen atoms in total. The third kappa shape index (κ3) is 4.92. The lowest BCUT2D eigenvalue weighted by Crippen LogP contribution is -2.41. The van der Waals surface area contributed by atoms with Crippen LogP contribution >= 0.6 is 0 Å². The van der Waals surface area contributed by atoms with E-state index in [1.807, 2.05) is 29.2 Å². The Kier molecular flexibility index (Phi) is 6.12. The highest BCUT2D eigenvalue weighted by Crippen LogP contribution is 2.59. The molecular weight excluding hydrogens is 410 g/mol. The van der Waals surface area contributed by atoms with Crippen LogP contribution in [0.3, 0.4) is 0 Å². The van der Waals surface area contributed by atoms with Crippen molar-refractivity contribution in [3.63, 3.8) is 0 Å². The van der Waals surface area contributed by atoms with E-state index in [4.69, 9.17) is 0 Å². The summed E-state index contributed by atoms with van der Waals surface area (Å²) in [4.78, 5) is 31.6. The van der Waals surface area contributed by atoms with Crippen LogP contribution in [0, 0.1) is 11.3 Å². The number of benzene rings is 2. The summed E-state index contributed by atoms with van der Waals surface area (Å²) >= 11 is 0. The van der Waals surface area contributed by atoms with Gasteiger partial charge in [-0.3, -0.25) is 14.6 Å². The van der Waals surface area contributed by atoms with Crippen molar-refractivity contribution in [1.82, 2.24) is 15.2 Å². The normalized spacial score (nSPS) is 18.9. The summed E-state index contributed by atoms with van der Waals surface area (Å²) in [5.74, 6) is 0.509. The highest BCUT2D eigenvalue weighted by atomic mass is 16.2. The number of pyridine rings is 1. The van der Waals surface area contributed by atoms with E-state index >= 15 is 0 Å². The van der Waals surface area contributed by atoms with Gasteiger partial charge in [-0.15, -0.1) is 0 Å². The van der Waals surface area contributed by atoms with Crippen LogP contribution in [0.5, 0.6) is 0 Å². The molecule has 33 heavy (non-hydrogen) atoms. The van der Waals surface area contributed by atoms with Gasteiger partial charge >= 0.3 is 0 Å². The number of piperidine rings is 1. The molecule has 5 heteroatoms. The van der Waals surface area contributed by atoms with Crippen molar-refractivity contribution in [1.29, 1.82) is 0 Å². The van der Waals surface area contributed by atoms with E-state index in [0.29, 0.717) is 13.0 Å². The van der Waals surface area contributed by atoms with Crippen molar-refractivity contribution in [2.45, 2.75) is 38.5 Å². The van der Waals surface area contributed by atoms with E-state index in [9.17, 15) is 9.59 Å². The Labute approximate surface area is 195 Å². The number of rotatable bonds is 7. The van der Waals surface area contributed by atoms with Gasteiger partial charge in [0, 0.05) is 37.9 Å². The van der Waals surface area contributed by atoms with E-state index in [1.54, 1.807) is 12.4 Å². The molecule has 2 amide bonds. The van der Waals surface area contributed by atoms with E-state index in [-0.39, 0.29) is 23.1 Å². The Morgan fingerprint density at radius 2 is 1.73 bits per heavy atom. The molecule has 0 unspecified atom stereocenters. The molecule has 1 atom stereocenters. The molecule has 1 N–H and O–H groups in total. The van der Waals surface area contributed by atoms with Gasteiger partial charge in [-0.05, 0) is 71.6 Å². The van der Waals surface area contributed by atoms with Crippen molar-refractivity contribution in [2.24, 2.45) is 11.3 Å². The molecule has 2 aromatic carbocycles. The summed E-state index contributed by atoms with van der Waals surface area (Å²) in [5, 5.41) is 5.50. The van der Waals surface area contributed by atoms with Crippen LogP contribution in [0.25, 0.3) is 10.8 Å². The molecule has 0 bridgehead atoms. The summed E-state index contributed by atoms with van der Waals surface area (Å²) in [7, 11) is 0. The zero-order valence-corrected chi connectivity index (χ0v) is 19.0. The first-order chi connectivity index (χ1) is 16.1. The number of hydrogen-bond acceptors (Lipinski definition) is 3. The maximum absolute atomic E-state index is 12.9. The molecule has 170 valence electrons. The van der Waals surface area contributed by atoms with Crippen LogP contribution in [0.4, 0.5) is 0 Å². The quantitative estimate of drug-likeness (QED) is 0.560. The first-order valence-corrected chi connectivity index (χ1v) is 12.1. The second kappa shape index (κ2) is 9.34. The van der Waals surface area contributed by atoms with Gasteiger partial charge in [-0.2, -0.15) is 0 Å². The molecule has 1 saturated heterocycles. The Bertz CT molecular complexity index is 1140. The Balaban J connectivity index is 1.06. The highest BCUT2D eigenvalue weighted by Gasteiger charge is 2.58. The third-order valence-electron chi connectivity index (χ3n) is 7.48. The van der Waals surface area contributed by atoms with Crippen LogP contribution in [-0.2, 0) is 22.4 Å². The monoisotopic (exact) mass is 441 g/mol. The predicted octanol–water partition coefficient (Wildman–Crippen LogP) is 4.16. The van der Waals surface area contributed by atoms with Gasteiger partial charge in [0.05, 0.1) is 6.42 Å². The Morgan fingerprint density at radius 3 is 2.52 bits per heavy atom. The molecule has 2 heterocycles. The first kappa shape index (κ1) is 21.6. The fraction of sp³-hybridized carbons (Fsp3) is 0.393. The minimum Gasteiger partial charge on any atom is -0.356 e. The third-order valence-corrected chi connectivity index (χ3v) is 7.48. The molecule has 2 aliphatic rings. The average Bonchev–Trinajstić information content (AvgIpc) is 3.55. The Morgan fingerprint density at radius 1 is 0.970 bits per heavy atom. The molecule has 1 aromatic heterocycles. The largest absolute Gasteiger partial charge is 0.356 e. The SMILES string of the molecule is O=C(NCCCc1ccncc1)[C@@H]1CC12CCN(C(=O)Cc1ccc3ccccc3c1)CC2. The van der Waals surface area contributed by atoms with Gasteiger partial charge in [-0.1, -0.05) is 42.5 Å². The van der Waals surface area contributed by atoms with E-state index in [0.717, 1.165) is 50.8 Å². The maximum atomic E-state index is 12.9. The van der Waals surface area contributed by atoms with Gasteiger partial charge in [-0.25, -0.2) is 0 Å². The number of carbonyl (C=O) groups is 2. The molecule has 3 aromatic rings. The van der Waals surface area contributed by atoms with E-state index in [1.165, 1.54) is 16.3 Å². The number of hydrogen-bond donors (Lipinski definition) is 1. The lowest BCUT2D eigenvalue weighted by Gasteiger charge is -2.33. The van der Waals surface area contributed by atoms with Crippen LogP contribution in [-0.4, -0.2) is 41.3 Å². The second-order valence-electron chi connectivity index (χ2n) is 9.61. The van der Waals surface area contributed by atoms with Gasteiger partial charge in [0.15, 0.2) is 0 Å². The van der Waals surface area contributed by atoms with Crippen LogP contribution in [0.1, 0.15) is 36.8 Å². The van der Waals surface area contributed by atoms with E-state index in [2.05, 4.69) is 40.6 Å². The molecular formula is C28H31N3O2. The van der Waals surface area contributed by atoms with Crippen LogP contribution in [0.2, 0.25) is 0 Å². The van der Waals surface area contributed by atoms with Crippen LogP contribution < -0.4 is 5.32 Å². The Hall–Kier alpha value is -3.21. The summed E-state index contributed by atoms with van der Waals surface area (Å²) < 4.78 is 0. The zero-order chi connectivity index (χ0) is 22.7. The number of aromatic nitrogens is 1. The van der Waals surface area contributed by atoms with Crippen molar-refractivity contribution in [2.75, 3.05) is 19.6 Å². The summed E-state index contributed by atoms with van der Waals surface area (Å²) in [6.45, 7) is 2.24. The summed E-state index contributed by atoms with van der Waals surface area (Å²) in [6.07, 6.45) is 8.78. The highest BCUT2D eigenvalue weighted by molar-refractivity contribution is 5.86. The molecule has 1 saturated carbocycles. The predicted molar refractivity (Wildman–Crippen MR) is 130 cm³/mol. The lowest BCUT2D eigenvalue weighted by atomic mass is 9.90. The summed E-state index contributed by atoms with van der Waals surface area (Å²) in [6, 6.07) is 18.6. The first-order valence-electron chi connectivity index (χ1n) is 12.1. The zero-order valence-electron chi connectivity index (χ0n) is 19.0. The number of nitrogens with one attached hydrogen (secondary N) is 1. The van der Waals surface area contributed by atoms with Crippen LogP contribution in [0.15, 0.2) is 67.0 Å². The van der Waals surface area contributed by atoms with Gasteiger partial charge in [0.25, 0.3) is 0 Å². The van der Waals surface area contributed by atoms with Gasteiger partial charge in [0.1, 0.15) is 0 Å². The number of amides is 2. The number of aryl methyl sites for hydroxylation is 1. The molecule has 5 rings (SSSR count). The van der Waals surface area contributed by atoms with Crippen molar-refractivity contribution >= 4 is 22.6 Å². The average molecular weight is 442 g/mol. The minimum absolute atomic E-state index is 0.120. The standard InChI is InChI=1S/C28H31N3O2/c32-26(19-22-7-8-23-5-1-2-6-24(23)18-22)31-16-11-28(12-17-31)20-25(28)27(33)30-13-3-4-21-9-14-29-15-10-21/h1-2,5-10,14-15,18,25H,3-4,11-13,16-17,19-20H2,(H,30,33)/t25-/m0/s1. The number of fused-ring (bicyclic) bond motifs is 1. The number of carbonyl (C=O) groups excluding carboxylic acids is 2. The molecule has 1 aliphatic heterocycles. The lowest BCUT2D eigenvalue weighted by molar-refractivity contribution is -0.132. The number of likely N-dealkylation sites (tertiary alicyclic amines) is 1.